The molecular formula is C21H28. The van der Waals surface area contributed by atoms with Gasteiger partial charge >= 0.3 is 0 Å². The molecule has 0 aromatic heterocycles. The van der Waals surface area contributed by atoms with Gasteiger partial charge in [-0.15, -0.1) is 0 Å². The fraction of sp³-hybridized carbons (Fsp3) is 0.429. The SMILES string of the molecule is C=Cc1c(CCC)c(CCC)c(CCC)c2ccccc12. The molecule has 21 heavy (non-hydrogen) atoms. The van der Waals surface area contributed by atoms with Gasteiger partial charge in [-0.05, 0) is 52.3 Å². The van der Waals surface area contributed by atoms with Crippen LogP contribution in [0.5, 0.6) is 0 Å². The standard InChI is InChI=1S/C21H28/c1-5-11-17-16(8-4)20-14-9-10-15-21(20)19(13-7-3)18(17)12-6-2/h8-10,14-15H,4-7,11-13H2,1-3H3. The van der Waals surface area contributed by atoms with Crippen LogP contribution in [0, 0.1) is 0 Å². The lowest BCUT2D eigenvalue weighted by Gasteiger charge is -2.21. The Morgan fingerprint density at radius 3 is 1.86 bits per heavy atom. The number of hydrogen-bond acceptors (Lipinski definition) is 0. The topological polar surface area (TPSA) is 0 Å². The second-order valence-electron chi connectivity index (χ2n) is 5.85. The highest BCUT2D eigenvalue weighted by Gasteiger charge is 2.16. The van der Waals surface area contributed by atoms with Gasteiger partial charge in [-0.25, -0.2) is 0 Å². The average Bonchev–Trinajstić information content (AvgIpc) is 2.51. The van der Waals surface area contributed by atoms with Crippen molar-refractivity contribution in [1.29, 1.82) is 0 Å². The molecule has 112 valence electrons. The van der Waals surface area contributed by atoms with Crippen molar-refractivity contribution in [3.05, 3.63) is 53.1 Å². The van der Waals surface area contributed by atoms with E-state index in [0.717, 1.165) is 6.42 Å². The van der Waals surface area contributed by atoms with Gasteiger partial charge in [-0.3, -0.25) is 0 Å². The molecule has 2 aromatic carbocycles. The summed E-state index contributed by atoms with van der Waals surface area (Å²) in [5, 5.41) is 2.83. The monoisotopic (exact) mass is 280 g/mol. The Hall–Kier alpha value is -1.56. The maximum absolute atomic E-state index is 4.10. The summed E-state index contributed by atoms with van der Waals surface area (Å²) >= 11 is 0. The molecule has 0 unspecified atom stereocenters. The minimum atomic E-state index is 1.16. The number of fused-ring (bicyclic) bond motifs is 1. The molecule has 0 N–H and O–H groups in total. The van der Waals surface area contributed by atoms with E-state index in [4.69, 9.17) is 0 Å². The van der Waals surface area contributed by atoms with Gasteiger partial charge in [-0.2, -0.15) is 0 Å². The first-order chi connectivity index (χ1) is 10.3. The van der Waals surface area contributed by atoms with Crippen molar-refractivity contribution in [2.24, 2.45) is 0 Å². The highest BCUT2D eigenvalue weighted by Crippen LogP contribution is 2.34. The zero-order valence-electron chi connectivity index (χ0n) is 13.8. The third-order valence-electron chi connectivity index (χ3n) is 4.30. The number of hydrogen-bond donors (Lipinski definition) is 0. The fourth-order valence-corrected chi connectivity index (χ4v) is 3.51. The molecule has 0 spiro atoms. The fourth-order valence-electron chi connectivity index (χ4n) is 3.51. The molecule has 0 heteroatoms. The van der Waals surface area contributed by atoms with Crippen LogP contribution in [0.25, 0.3) is 16.8 Å². The Labute approximate surface area is 129 Å². The van der Waals surface area contributed by atoms with Gasteiger partial charge in [0.2, 0.25) is 0 Å². The Kier molecular flexibility index (Phi) is 5.61. The molecular weight excluding hydrogens is 252 g/mol. The van der Waals surface area contributed by atoms with E-state index in [1.807, 2.05) is 0 Å². The van der Waals surface area contributed by atoms with Gasteiger partial charge < -0.3 is 0 Å². The minimum absolute atomic E-state index is 1.16. The van der Waals surface area contributed by atoms with Gasteiger partial charge in [0, 0.05) is 0 Å². The average molecular weight is 280 g/mol. The predicted octanol–water partition coefficient (Wildman–Crippen LogP) is 6.34. The lowest BCUT2D eigenvalue weighted by atomic mass is 9.84. The number of aryl methyl sites for hydroxylation is 1. The van der Waals surface area contributed by atoms with Crippen molar-refractivity contribution >= 4 is 16.8 Å². The predicted molar refractivity (Wildman–Crippen MR) is 96.0 cm³/mol. The van der Waals surface area contributed by atoms with E-state index in [0.29, 0.717) is 0 Å². The van der Waals surface area contributed by atoms with Gasteiger partial charge in [0.25, 0.3) is 0 Å². The molecule has 0 aliphatic rings. The molecule has 0 aliphatic heterocycles. The van der Waals surface area contributed by atoms with E-state index in [9.17, 15) is 0 Å². The zero-order chi connectivity index (χ0) is 15.2. The van der Waals surface area contributed by atoms with Crippen molar-refractivity contribution in [3.63, 3.8) is 0 Å². The van der Waals surface area contributed by atoms with Gasteiger partial charge in [0.1, 0.15) is 0 Å². The van der Waals surface area contributed by atoms with Crippen LogP contribution in [0.4, 0.5) is 0 Å². The first-order valence-corrected chi connectivity index (χ1v) is 8.46. The molecule has 2 rings (SSSR count). The van der Waals surface area contributed by atoms with Crippen LogP contribution in [0.2, 0.25) is 0 Å². The molecule has 0 fully saturated rings. The quantitative estimate of drug-likeness (QED) is 0.555. The van der Waals surface area contributed by atoms with E-state index in [2.05, 4.69) is 57.7 Å². The summed E-state index contributed by atoms with van der Waals surface area (Å²) in [5.41, 5.74) is 6.12. The van der Waals surface area contributed by atoms with E-state index < -0.39 is 0 Å². The molecule has 0 amide bonds. The van der Waals surface area contributed by atoms with Crippen LogP contribution in [0.1, 0.15) is 62.3 Å². The largest absolute Gasteiger partial charge is 0.0984 e. The maximum atomic E-state index is 4.10. The molecule has 0 saturated carbocycles. The van der Waals surface area contributed by atoms with Crippen LogP contribution in [-0.4, -0.2) is 0 Å². The van der Waals surface area contributed by atoms with Crippen LogP contribution >= 0.6 is 0 Å². The first kappa shape index (κ1) is 15.8. The normalized spacial score (nSPS) is 11.0. The van der Waals surface area contributed by atoms with Crippen molar-refractivity contribution in [1.82, 2.24) is 0 Å². The first-order valence-electron chi connectivity index (χ1n) is 8.46. The van der Waals surface area contributed by atoms with Crippen LogP contribution < -0.4 is 0 Å². The van der Waals surface area contributed by atoms with Crippen molar-refractivity contribution < 1.29 is 0 Å². The van der Waals surface area contributed by atoms with Crippen LogP contribution in [0.15, 0.2) is 30.8 Å². The number of rotatable bonds is 7. The third-order valence-corrected chi connectivity index (χ3v) is 4.30. The summed E-state index contributed by atoms with van der Waals surface area (Å²) < 4.78 is 0. The molecule has 0 heterocycles. The van der Waals surface area contributed by atoms with Crippen molar-refractivity contribution in [2.75, 3.05) is 0 Å². The highest BCUT2D eigenvalue weighted by molar-refractivity contribution is 5.95. The molecule has 0 bridgehead atoms. The van der Waals surface area contributed by atoms with Crippen LogP contribution in [0.3, 0.4) is 0 Å². The third kappa shape index (κ3) is 3.05. The van der Waals surface area contributed by atoms with Gasteiger partial charge in [-0.1, -0.05) is 77.0 Å². The van der Waals surface area contributed by atoms with E-state index in [-0.39, 0.29) is 0 Å². The lowest BCUT2D eigenvalue weighted by Crippen LogP contribution is -2.05. The zero-order valence-corrected chi connectivity index (χ0v) is 13.8. The van der Waals surface area contributed by atoms with Gasteiger partial charge in [0.05, 0.1) is 0 Å². The summed E-state index contributed by atoms with van der Waals surface area (Å²) in [6, 6.07) is 8.88. The Morgan fingerprint density at radius 1 is 0.762 bits per heavy atom. The molecule has 0 saturated heterocycles. The molecule has 2 aromatic rings. The summed E-state index contributed by atoms with van der Waals surface area (Å²) in [4.78, 5) is 0. The van der Waals surface area contributed by atoms with E-state index in [1.54, 1.807) is 16.7 Å². The van der Waals surface area contributed by atoms with E-state index >= 15 is 0 Å². The van der Waals surface area contributed by atoms with Gasteiger partial charge in [0.15, 0.2) is 0 Å². The second kappa shape index (κ2) is 7.45. The maximum Gasteiger partial charge on any atom is -0.0106 e. The molecule has 0 radical (unpaired) electrons. The molecule has 0 aliphatic carbocycles. The lowest BCUT2D eigenvalue weighted by molar-refractivity contribution is 0.830. The summed E-state index contributed by atoms with van der Waals surface area (Å²) in [7, 11) is 0. The van der Waals surface area contributed by atoms with Crippen LogP contribution in [-0.2, 0) is 19.3 Å². The summed E-state index contributed by atoms with van der Waals surface area (Å²) in [6.07, 6.45) is 9.23. The van der Waals surface area contributed by atoms with E-state index in [1.165, 1.54) is 48.4 Å². The molecule has 0 nitrogen and oxygen atoms in total. The second-order valence-corrected chi connectivity index (χ2v) is 5.85. The minimum Gasteiger partial charge on any atom is -0.0984 e. The summed E-state index contributed by atoms with van der Waals surface area (Å²) in [6.45, 7) is 10.9. The molecule has 0 atom stereocenters. The Bertz CT molecular complexity index is 619. The smallest absolute Gasteiger partial charge is 0.0106 e. The Balaban J connectivity index is 2.86. The number of benzene rings is 2. The highest BCUT2D eigenvalue weighted by atomic mass is 14.2. The van der Waals surface area contributed by atoms with Crippen molar-refractivity contribution in [3.8, 4) is 0 Å². The Morgan fingerprint density at radius 2 is 1.29 bits per heavy atom. The summed E-state index contributed by atoms with van der Waals surface area (Å²) in [5.74, 6) is 0. The van der Waals surface area contributed by atoms with Crippen molar-refractivity contribution in [2.45, 2.75) is 59.3 Å².